The fourth-order valence-electron chi connectivity index (χ4n) is 4.24. The second-order valence-electron chi connectivity index (χ2n) is 8.07. The van der Waals surface area contributed by atoms with Gasteiger partial charge in [0.1, 0.15) is 0 Å². The monoisotopic (exact) mass is 480 g/mol. The number of nitrogens with one attached hydrogen (secondary N) is 2. The lowest BCUT2D eigenvalue weighted by Crippen LogP contribution is -2.47. The van der Waals surface area contributed by atoms with Gasteiger partial charge in [0, 0.05) is 39.9 Å². The van der Waals surface area contributed by atoms with Crippen LogP contribution in [-0.4, -0.2) is 64.3 Å². The summed E-state index contributed by atoms with van der Waals surface area (Å²) in [4.78, 5) is 6.95. The SMILES string of the molecule is CN=C(NCCCN(C)C1CCCCC1)NCC1(CCOC)CCC1.I. The molecule has 0 aliphatic heterocycles. The molecule has 0 saturated heterocycles. The van der Waals surface area contributed by atoms with E-state index in [1.807, 2.05) is 7.05 Å². The molecule has 154 valence electrons. The second kappa shape index (κ2) is 13.2. The lowest BCUT2D eigenvalue weighted by atomic mass is 9.67. The molecule has 0 bridgehead atoms. The summed E-state index contributed by atoms with van der Waals surface area (Å²) in [7, 11) is 5.95. The summed E-state index contributed by atoms with van der Waals surface area (Å²) in [5, 5.41) is 7.03. The van der Waals surface area contributed by atoms with Gasteiger partial charge in [-0.3, -0.25) is 4.99 Å². The van der Waals surface area contributed by atoms with Crippen molar-refractivity contribution in [2.45, 2.75) is 70.3 Å². The molecule has 0 spiro atoms. The third-order valence-corrected chi connectivity index (χ3v) is 6.28. The summed E-state index contributed by atoms with van der Waals surface area (Å²) < 4.78 is 5.28. The Labute approximate surface area is 178 Å². The van der Waals surface area contributed by atoms with Crippen molar-refractivity contribution in [3.05, 3.63) is 0 Å². The van der Waals surface area contributed by atoms with Crippen molar-refractivity contribution in [3.63, 3.8) is 0 Å². The van der Waals surface area contributed by atoms with Gasteiger partial charge in [0.05, 0.1) is 0 Å². The number of methoxy groups -OCH3 is 1. The van der Waals surface area contributed by atoms with Crippen molar-refractivity contribution in [2.24, 2.45) is 10.4 Å². The highest BCUT2D eigenvalue weighted by atomic mass is 127. The minimum Gasteiger partial charge on any atom is -0.385 e. The van der Waals surface area contributed by atoms with Crippen molar-refractivity contribution in [1.29, 1.82) is 0 Å². The van der Waals surface area contributed by atoms with Gasteiger partial charge in [-0.25, -0.2) is 0 Å². The Kier molecular flexibility index (Phi) is 12.1. The normalized spacial score (nSPS) is 20.4. The summed E-state index contributed by atoms with van der Waals surface area (Å²) in [6, 6.07) is 0.811. The average molecular weight is 480 g/mol. The van der Waals surface area contributed by atoms with Gasteiger partial charge in [0.2, 0.25) is 0 Å². The first-order valence-electron chi connectivity index (χ1n) is 10.3. The molecule has 2 rings (SSSR count). The summed E-state index contributed by atoms with van der Waals surface area (Å²) >= 11 is 0. The van der Waals surface area contributed by atoms with E-state index in [0.29, 0.717) is 5.41 Å². The van der Waals surface area contributed by atoms with Crippen LogP contribution in [0.25, 0.3) is 0 Å². The first-order valence-corrected chi connectivity index (χ1v) is 10.3. The van der Waals surface area contributed by atoms with Gasteiger partial charge >= 0.3 is 0 Å². The quantitative estimate of drug-likeness (QED) is 0.217. The first kappa shape index (κ1) is 24.0. The molecule has 2 saturated carbocycles. The standard InChI is InChI=1S/C20H40N4O.HI/c1-21-19(23-17-20(11-7-12-20)13-16-25-3)22-14-8-15-24(2)18-9-5-4-6-10-18;/h18H,4-17H2,1-3H3,(H2,21,22,23);1H. The molecule has 2 aliphatic carbocycles. The number of hydrogen-bond acceptors (Lipinski definition) is 3. The first-order chi connectivity index (χ1) is 12.2. The van der Waals surface area contributed by atoms with Crippen LogP contribution in [0, 0.1) is 5.41 Å². The van der Waals surface area contributed by atoms with E-state index in [1.165, 1.54) is 64.3 Å². The second-order valence-corrected chi connectivity index (χ2v) is 8.07. The molecule has 6 heteroatoms. The molecular formula is C20H41IN4O. The molecule has 2 aliphatic rings. The summed E-state index contributed by atoms with van der Waals surface area (Å²) in [5.41, 5.74) is 0.425. The highest BCUT2D eigenvalue weighted by Crippen LogP contribution is 2.43. The Morgan fingerprint density at radius 3 is 2.46 bits per heavy atom. The average Bonchev–Trinajstić information content (AvgIpc) is 2.62. The number of rotatable bonds is 10. The van der Waals surface area contributed by atoms with Gasteiger partial charge in [-0.2, -0.15) is 0 Å². The summed E-state index contributed by atoms with van der Waals surface area (Å²) in [5.74, 6) is 0.948. The number of hydrogen-bond donors (Lipinski definition) is 2. The Bertz CT molecular complexity index is 395. The molecular weight excluding hydrogens is 439 g/mol. The van der Waals surface area contributed by atoms with E-state index in [2.05, 4.69) is 27.6 Å². The zero-order chi connectivity index (χ0) is 18.0. The van der Waals surface area contributed by atoms with Crippen molar-refractivity contribution in [1.82, 2.24) is 15.5 Å². The largest absolute Gasteiger partial charge is 0.385 e. The van der Waals surface area contributed by atoms with E-state index in [4.69, 9.17) is 4.74 Å². The zero-order valence-corrected chi connectivity index (χ0v) is 19.5. The van der Waals surface area contributed by atoms with Gasteiger partial charge in [-0.1, -0.05) is 25.7 Å². The lowest BCUT2D eigenvalue weighted by molar-refractivity contribution is 0.0732. The molecule has 2 fully saturated rings. The lowest BCUT2D eigenvalue weighted by Gasteiger charge is -2.42. The highest BCUT2D eigenvalue weighted by Gasteiger charge is 2.36. The van der Waals surface area contributed by atoms with Crippen LogP contribution in [0.3, 0.4) is 0 Å². The van der Waals surface area contributed by atoms with Gasteiger partial charge in [0.25, 0.3) is 0 Å². The smallest absolute Gasteiger partial charge is 0.190 e. The Hall–Kier alpha value is -0.0800. The summed E-state index contributed by atoms with van der Waals surface area (Å²) in [6.07, 6.45) is 13.3. The van der Waals surface area contributed by atoms with E-state index in [-0.39, 0.29) is 24.0 Å². The number of aliphatic imine (C=N–C) groups is 1. The molecule has 0 heterocycles. The molecule has 0 atom stereocenters. The zero-order valence-electron chi connectivity index (χ0n) is 17.2. The maximum Gasteiger partial charge on any atom is 0.190 e. The van der Waals surface area contributed by atoms with Gasteiger partial charge < -0.3 is 20.3 Å². The molecule has 0 aromatic carbocycles. The van der Waals surface area contributed by atoms with Crippen LogP contribution in [0.2, 0.25) is 0 Å². The third kappa shape index (κ3) is 7.89. The van der Waals surface area contributed by atoms with Crippen LogP contribution in [0.15, 0.2) is 4.99 Å². The maximum absolute atomic E-state index is 5.28. The topological polar surface area (TPSA) is 48.9 Å². The molecule has 0 aromatic heterocycles. The summed E-state index contributed by atoms with van der Waals surface area (Å²) in [6.45, 7) is 4.04. The minimum atomic E-state index is 0. The maximum atomic E-state index is 5.28. The van der Waals surface area contributed by atoms with Crippen molar-refractivity contribution in [3.8, 4) is 0 Å². The van der Waals surface area contributed by atoms with E-state index >= 15 is 0 Å². The highest BCUT2D eigenvalue weighted by molar-refractivity contribution is 14.0. The molecule has 0 unspecified atom stereocenters. The number of halogens is 1. The Balaban J connectivity index is 0.00000338. The van der Waals surface area contributed by atoms with Crippen LogP contribution >= 0.6 is 24.0 Å². The van der Waals surface area contributed by atoms with Gasteiger partial charge in [-0.15, -0.1) is 24.0 Å². The molecule has 26 heavy (non-hydrogen) atoms. The van der Waals surface area contributed by atoms with Crippen molar-refractivity contribution >= 4 is 29.9 Å². The third-order valence-electron chi connectivity index (χ3n) is 6.28. The van der Waals surface area contributed by atoms with Crippen molar-refractivity contribution in [2.75, 3.05) is 47.4 Å². The van der Waals surface area contributed by atoms with Gasteiger partial charge in [0.15, 0.2) is 5.96 Å². The molecule has 0 amide bonds. The fraction of sp³-hybridized carbons (Fsp3) is 0.950. The minimum absolute atomic E-state index is 0. The number of guanidine groups is 1. The van der Waals surface area contributed by atoms with Gasteiger partial charge in [-0.05, 0) is 57.5 Å². The van der Waals surface area contributed by atoms with Crippen LogP contribution in [0.4, 0.5) is 0 Å². The van der Waals surface area contributed by atoms with E-state index in [0.717, 1.165) is 38.1 Å². The van der Waals surface area contributed by atoms with E-state index < -0.39 is 0 Å². The number of ether oxygens (including phenoxy) is 1. The Morgan fingerprint density at radius 1 is 1.15 bits per heavy atom. The van der Waals surface area contributed by atoms with Crippen LogP contribution in [0.5, 0.6) is 0 Å². The predicted octanol–water partition coefficient (Wildman–Crippen LogP) is 3.63. The van der Waals surface area contributed by atoms with E-state index in [1.54, 1.807) is 7.11 Å². The van der Waals surface area contributed by atoms with Crippen LogP contribution in [-0.2, 0) is 4.74 Å². The fourth-order valence-corrected chi connectivity index (χ4v) is 4.24. The number of nitrogens with zero attached hydrogens (tertiary/aromatic N) is 2. The predicted molar refractivity (Wildman–Crippen MR) is 122 cm³/mol. The molecule has 0 aromatic rings. The Morgan fingerprint density at radius 2 is 1.88 bits per heavy atom. The van der Waals surface area contributed by atoms with Crippen LogP contribution < -0.4 is 10.6 Å². The molecule has 5 nitrogen and oxygen atoms in total. The van der Waals surface area contributed by atoms with Crippen LogP contribution in [0.1, 0.15) is 64.2 Å². The van der Waals surface area contributed by atoms with E-state index in [9.17, 15) is 0 Å². The van der Waals surface area contributed by atoms with Crippen molar-refractivity contribution < 1.29 is 4.74 Å². The molecule has 2 N–H and O–H groups in total. The molecule has 0 radical (unpaired) electrons.